The predicted octanol–water partition coefficient (Wildman–Crippen LogP) is 5.58. The zero-order valence-corrected chi connectivity index (χ0v) is 17.9. The SMILES string of the molecule is CCCCc1nc(CCCC)c(Cc2ccc(-c3cccc(C#N)c3)cc2)c(=O)[nH]1. The summed E-state index contributed by atoms with van der Waals surface area (Å²) in [7, 11) is 0. The van der Waals surface area contributed by atoms with Crippen LogP contribution in [0.2, 0.25) is 0 Å². The highest BCUT2D eigenvalue weighted by Gasteiger charge is 2.12. The van der Waals surface area contributed by atoms with Crippen LogP contribution in [0.25, 0.3) is 11.1 Å². The van der Waals surface area contributed by atoms with E-state index in [1.54, 1.807) is 6.07 Å². The molecular formula is C26H29N3O. The fourth-order valence-corrected chi connectivity index (χ4v) is 3.58. The van der Waals surface area contributed by atoms with Crippen molar-refractivity contribution in [3.8, 4) is 17.2 Å². The monoisotopic (exact) mass is 399 g/mol. The molecule has 0 saturated carbocycles. The van der Waals surface area contributed by atoms with Gasteiger partial charge < -0.3 is 4.98 Å². The lowest BCUT2D eigenvalue weighted by Gasteiger charge is -2.11. The van der Waals surface area contributed by atoms with Crippen LogP contribution >= 0.6 is 0 Å². The van der Waals surface area contributed by atoms with Crippen molar-refractivity contribution in [1.29, 1.82) is 5.26 Å². The Hall–Kier alpha value is -3.19. The smallest absolute Gasteiger partial charge is 0.254 e. The number of nitrogens with one attached hydrogen (secondary N) is 1. The summed E-state index contributed by atoms with van der Waals surface area (Å²) >= 11 is 0. The highest BCUT2D eigenvalue weighted by Crippen LogP contribution is 2.22. The number of hydrogen-bond donors (Lipinski definition) is 1. The standard InChI is InChI=1S/C26H29N3O/c1-3-5-10-24-23(26(30)29-25(28-24)11-6-4-2)17-19-12-14-21(15-13-19)22-9-7-8-20(16-22)18-27/h7-9,12-16H,3-6,10-11,17H2,1-2H3,(H,28,29,30). The predicted molar refractivity (Wildman–Crippen MR) is 121 cm³/mol. The molecular weight excluding hydrogens is 370 g/mol. The summed E-state index contributed by atoms with van der Waals surface area (Å²) in [6.07, 6.45) is 6.46. The van der Waals surface area contributed by atoms with E-state index in [0.717, 1.165) is 72.3 Å². The van der Waals surface area contributed by atoms with Crippen LogP contribution in [0.15, 0.2) is 53.3 Å². The van der Waals surface area contributed by atoms with E-state index >= 15 is 0 Å². The lowest BCUT2D eigenvalue weighted by atomic mass is 9.98. The third-order valence-corrected chi connectivity index (χ3v) is 5.34. The van der Waals surface area contributed by atoms with Crippen molar-refractivity contribution in [2.75, 3.05) is 0 Å². The molecule has 0 radical (unpaired) electrons. The molecule has 1 aromatic heterocycles. The average Bonchev–Trinajstić information content (AvgIpc) is 2.78. The number of nitriles is 1. The van der Waals surface area contributed by atoms with Gasteiger partial charge in [0.05, 0.1) is 17.3 Å². The lowest BCUT2D eigenvalue weighted by molar-refractivity contribution is 0.710. The fourth-order valence-electron chi connectivity index (χ4n) is 3.58. The van der Waals surface area contributed by atoms with Gasteiger partial charge in [-0.2, -0.15) is 5.26 Å². The summed E-state index contributed by atoms with van der Waals surface area (Å²) in [5.74, 6) is 0.810. The Kier molecular flexibility index (Phi) is 7.57. The minimum absolute atomic E-state index is 0.00648. The number of benzene rings is 2. The first-order chi connectivity index (χ1) is 14.6. The van der Waals surface area contributed by atoms with Gasteiger partial charge in [-0.3, -0.25) is 4.79 Å². The molecule has 0 spiro atoms. The molecule has 154 valence electrons. The number of aryl methyl sites for hydroxylation is 2. The largest absolute Gasteiger partial charge is 0.310 e. The van der Waals surface area contributed by atoms with Crippen molar-refractivity contribution >= 4 is 0 Å². The molecule has 0 atom stereocenters. The van der Waals surface area contributed by atoms with Crippen molar-refractivity contribution < 1.29 is 0 Å². The topological polar surface area (TPSA) is 69.5 Å². The van der Waals surface area contributed by atoms with Crippen molar-refractivity contribution in [1.82, 2.24) is 9.97 Å². The van der Waals surface area contributed by atoms with Crippen LogP contribution < -0.4 is 5.56 Å². The van der Waals surface area contributed by atoms with Crippen LogP contribution in [0.5, 0.6) is 0 Å². The molecule has 0 bridgehead atoms. The van der Waals surface area contributed by atoms with E-state index in [9.17, 15) is 4.79 Å². The quantitative estimate of drug-likeness (QED) is 0.510. The second-order valence-electron chi connectivity index (χ2n) is 7.71. The molecule has 0 aliphatic carbocycles. The Morgan fingerprint density at radius 3 is 2.40 bits per heavy atom. The van der Waals surface area contributed by atoms with E-state index in [-0.39, 0.29) is 5.56 Å². The van der Waals surface area contributed by atoms with Gasteiger partial charge in [-0.1, -0.05) is 63.1 Å². The fraction of sp³-hybridized carbons (Fsp3) is 0.346. The molecule has 0 aliphatic heterocycles. The summed E-state index contributed by atoms with van der Waals surface area (Å²) < 4.78 is 0. The molecule has 1 N–H and O–H groups in total. The van der Waals surface area contributed by atoms with Gasteiger partial charge in [0.25, 0.3) is 5.56 Å². The van der Waals surface area contributed by atoms with Gasteiger partial charge in [0.2, 0.25) is 0 Å². The number of nitrogens with zero attached hydrogens (tertiary/aromatic N) is 2. The lowest BCUT2D eigenvalue weighted by Crippen LogP contribution is -2.21. The van der Waals surface area contributed by atoms with E-state index in [1.807, 2.05) is 18.2 Å². The first-order valence-electron chi connectivity index (χ1n) is 10.8. The Morgan fingerprint density at radius 2 is 1.70 bits per heavy atom. The number of unbranched alkanes of at least 4 members (excludes halogenated alkanes) is 2. The van der Waals surface area contributed by atoms with E-state index in [0.29, 0.717) is 12.0 Å². The third-order valence-electron chi connectivity index (χ3n) is 5.34. The summed E-state index contributed by atoms with van der Waals surface area (Å²) in [5.41, 5.74) is 5.53. The first-order valence-corrected chi connectivity index (χ1v) is 10.8. The third kappa shape index (κ3) is 5.45. The highest BCUT2D eigenvalue weighted by atomic mass is 16.1. The Morgan fingerprint density at radius 1 is 0.967 bits per heavy atom. The summed E-state index contributed by atoms with van der Waals surface area (Å²) in [6, 6.07) is 18.0. The molecule has 0 unspecified atom stereocenters. The van der Waals surface area contributed by atoms with Crippen molar-refractivity contribution in [3.05, 3.63) is 87.1 Å². The maximum Gasteiger partial charge on any atom is 0.254 e. The summed E-state index contributed by atoms with van der Waals surface area (Å²) in [4.78, 5) is 20.6. The number of H-pyrrole nitrogens is 1. The Labute approximate surface area is 178 Å². The van der Waals surface area contributed by atoms with Crippen molar-refractivity contribution in [2.45, 2.75) is 58.8 Å². The molecule has 0 saturated heterocycles. The maximum absolute atomic E-state index is 12.8. The van der Waals surface area contributed by atoms with Gasteiger partial charge in [0.15, 0.2) is 0 Å². The minimum Gasteiger partial charge on any atom is -0.310 e. The number of aromatic nitrogens is 2. The van der Waals surface area contributed by atoms with Crippen LogP contribution in [0.1, 0.15) is 67.7 Å². The van der Waals surface area contributed by atoms with Crippen LogP contribution in [0.4, 0.5) is 0 Å². The van der Waals surface area contributed by atoms with E-state index in [1.165, 1.54) is 0 Å². The maximum atomic E-state index is 12.8. The van der Waals surface area contributed by atoms with Gasteiger partial charge in [0.1, 0.15) is 5.82 Å². The molecule has 0 amide bonds. The highest BCUT2D eigenvalue weighted by molar-refractivity contribution is 5.65. The van der Waals surface area contributed by atoms with Gasteiger partial charge in [-0.25, -0.2) is 4.98 Å². The molecule has 4 heteroatoms. The normalized spacial score (nSPS) is 10.7. The number of rotatable bonds is 9. The van der Waals surface area contributed by atoms with E-state index in [4.69, 9.17) is 10.2 Å². The first kappa shape index (κ1) is 21.5. The summed E-state index contributed by atoms with van der Waals surface area (Å²) in [6.45, 7) is 4.30. The molecule has 3 aromatic rings. The summed E-state index contributed by atoms with van der Waals surface area (Å²) in [5, 5.41) is 9.11. The van der Waals surface area contributed by atoms with Crippen LogP contribution in [0.3, 0.4) is 0 Å². The van der Waals surface area contributed by atoms with Gasteiger partial charge in [0, 0.05) is 18.4 Å². The minimum atomic E-state index is -0.00648. The van der Waals surface area contributed by atoms with Gasteiger partial charge >= 0.3 is 0 Å². The molecule has 1 heterocycles. The van der Waals surface area contributed by atoms with Gasteiger partial charge in [-0.15, -0.1) is 0 Å². The molecule has 4 nitrogen and oxygen atoms in total. The Bertz CT molecular complexity index is 1070. The second kappa shape index (κ2) is 10.5. The molecule has 3 rings (SSSR count). The van der Waals surface area contributed by atoms with Crippen LogP contribution in [0, 0.1) is 11.3 Å². The Balaban J connectivity index is 1.85. The second-order valence-corrected chi connectivity index (χ2v) is 7.71. The molecule has 2 aromatic carbocycles. The zero-order valence-electron chi connectivity index (χ0n) is 17.9. The van der Waals surface area contributed by atoms with E-state index < -0.39 is 0 Å². The molecule has 30 heavy (non-hydrogen) atoms. The van der Waals surface area contributed by atoms with Crippen LogP contribution in [-0.2, 0) is 19.3 Å². The van der Waals surface area contributed by atoms with Crippen LogP contribution in [-0.4, -0.2) is 9.97 Å². The average molecular weight is 400 g/mol. The zero-order chi connectivity index (χ0) is 21.3. The molecule has 0 aliphatic rings. The number of aromatic amines is 1. The van der Waals surface area contributed by atoms with Gasteiger partial charge in [-0.05, 0) is 48.1 Å². The van der Waals surface area contributed by atoms with Crippen molar-refractivity contribution in [2.24, 2.45) is 0 Å². The number of hydrogen-bond acceptors (Lipinski definition) is 3. The van der Waals surface area contributed by atoms with Crippen molar-refractivity contribution in [3.63, 3.8) is 0 Å². The molecule has 0 fully saturated rings. The van der Waals surface area contributed by atoms with E-state index in [2.05, 4.69) is 49.2 Å².